The maximum absolute atomic E-state index is 12.7. The molecule has 6 nitrogen and oxygen atoms in total. The molecule has 0 spiro atoms. The topological polar surface area (TPSA) is 73.2 Å². The highest BCUT2D eigenvalue weighted by molar-refractivity contribution is 6.07. The van der Waals surface area contributed by atoms with Crippen LogP contribution in [-0.2, 0) is 7.05 Å². The van der Waals surface area contributed by atoms with Crippen molar-refractivity contribution in [3.8, 4) is 5.88 Å². The number of amides is 1. The normalized spacial score (nSPS) is 10.5. The summed E-state index contributed by atoms with van der Waals surface area (Å²) >= 11 is 0. The molecule has 0 bridgehead atoms. The Balaban J connectivity index is 2.18. The highest BCUT2D eigenvalue weighted by Crippen LogP contribution is 2.22. The van der Waals surface area contributed by atoms with Crippen LogP contribution in [0, 0.1) is 0 Å². The average Bonchev–Trinajstić information content (AvgIpc) is 2.58. The van der Waals surface area contributed by atoms with Crippen molar-refractivity contribution >= 4 is 22.5 Å². The van der Waals surface area contributed by atoms with E-state index in [1.54, 1.807) is 48.3 Å². The molecule has 0 aliphatic carbocycles. The van der Waals surface area contributed by atoms with Gasteiger partial charge in [-0.05, 0) is 24.3 Å². The lowest BCUT2D eigenvalue weighted by Crippen LogP contribution is -2.25. The third kappa shape index (κ3) is 2.55. The van der Waals surface area contributed by atoms with E-state index in [1.165, 1.54) is 7.11 Å². The van der Waals surface area contributed by atoms with E-state index >= 15 is 0 Å². The maximum Gasteiger partial charge on any atom is 0.265 e. The van der Waals surface area contributed by atoms with Crippen LogP contribution in [0.1, 0.15) is 10.4 Å². The number of hydrogen-bond acceptors (Lipinski definition) is 4. The first kappa shape index (κ1) is 14.8. The lowest BCUT2D eigenvalue weighted by molar-refractivity contribution is 0.102. The van der Waals surface area contributed by atoms with Crippen LogP contribution in [0.25, 0.3) is 10.9 Å². The molecule has 116 valence electrons. The lowest BCUT2D eigenvalue weighted by atomic mass is 10.1. The van der Waals surface area contributed by atoms with E-state index in [1.807, 2.05) is 12.1 Å². The van der Waals surface area contributed by atoms with Crippen molar-refractivity contribution in [2.75, 3.05) is 12.4 Å². The van der Waals surface area contributed by atoms with Gasteiger partial charge in [-0.1, -0.05) is 12.1 Å². The molecule has 2 aromatic heterocycles. The van der Waals surface area contributed by atoms with Crippen molar-refractivity contribution in [2.45, 2.75) is 0 Å². The Morgan fingerprint density at radius 3 is 2.57 bits per heavy atom. The summed E-state index contributed by atoms with van der Waals surface area (Å²) in [5.41, 5.74) is 0.879. The summed E-state index contributed by atoms with van der Waals surface area (Å²) in [5, 5.41) is 3.16. The number of fused-ring (bicyclic) bond motifs is 1. The van der Waals surface area contributed by atoms with Crippen molar-refractivity contribution in [1.82, 2.24) is 9.55 Å². The van der Waals surface area contributed by atoms with Crippen LogP contribution in [0.2, 0.25) is 0 Å². The molecule has 0 atom stereocenters. The maximum atomic E-state index is 12.7. The molecule has 0 aliphatic heterocycles. The van der Waals surface area contributed by atoms with E-state index in [4.69, 9.17) is 4.74 Å². The number of carbonyl (C=O) groups is 1. The summed E-state index contributed by atoms with van der Waals surface area (Å²) in [7, 11) is 3.19. The third-order valence-corrected chi connectivity index (χ3v) is 3.61. The fourth-order valence-electron chi connectivity index (χ4n) is 2.54. The number of pyridine rings is 2. The number of anilines is 1. The first-order valence-corrected chi connectivity index (χ1v) is 7.00. The van der Waals surface area contributed by atoms with Gasteiger partial charge in [-0.25, -0.2) is 0 Å². The van der Waals surface area contributed by atoms with Gasteiger partial charge in [0, 0.05) is 30.5 Å². The van der Waals surface area contributed by atoms with Gasteiger partial charge in [-0.3, -0.25) is 14.6 Å². The zero-order valence-corrected chi connectivity index (χ0v) is 12.7. The molecular formula is C17H15N3O3. The molecule has 0 radical (unpaired) electrons. The Hall–Kier alpha value is -3.15. The minimum absolute atomic E-state index is 0.0227. The minimum Gasteiger partial charge on any atom is -0.481 e. The van der Waals surface area contributed by atoms with Crippen molar-refractivity contribution in [1.29, 1.82) is 0 Å². The molecule has 0 aliphatic rings. The van der Waals surface area contributed by atoms with Gasteiger partial charge in [0.05, 0.1) is 12.6 Å². The Labute approximate surface area is 132 Å². The van der Waals surface area contributed by atoms with E-state index in [0.29, 0.717) is 16.6 Å². The second-order valence-corrected chi connectivity index (χ2v) is 4.98. The monoisotopic (exact) mass is 309 g/mol. The van der Waals surface area contributed by atoms with Crippen molar-refractivity contribution < 1.29 is 9.53 Å². The van der Waals surface area contributed by atoms with Crippen LogP contribution in [-0.4, -0.2) is 22.6 Å². The van der Waals surface area contributed by atoms with E-state index in [9.17, 15) is 9.59 Å². The fraction of sp³-hybridized carbons (Fsp3) is 0.118. The molecule has 2 heterocycles. The van der Waals surface area contributed by atoms with Crippen LogP contribution in [0.15, 0.2) is 53.6 Å². The van der Waals surface area contributed by atoms with Gasteiger partial charge in [0.1, 0.15) is 5.56 Å². The highest BCUT2D eigenvalue weighted by Gasteiger charge is 2.22. The Morgan fingerprint density at radius 2 is 1.87 bits per heavy atom. The lowest BCUT2D eigenvalue weighted by Gasteiger charge is -2.15. The molecule has 6 heteroatoms. The molecule has 1 N–H and O–H groups in total. The van der Waals surface area contributed by atoms with E-state index in [-0.39, 0.29) is 16.9 Å². The molecule has 0 saturated heterocycles. The first-order chi connectivity index (χ1) is 11.1. The molecule has 0 unspecified atom stereocenters. The number of nitrogens with zero attached hydrogens (tertiary/aromatic N) is 2. The van der Waals surface area contributed by atoms with Crippen LogP contribution < -0.4 is 15.5 Å². The predicted molar refractivity (Wildman–Crippen MR) is 87.9 cm³/mol. The number of hydrogen-bond donors (Lipinski definition) is 1. The van der Waals surface area contributed by atoms with Crippen LogP contribution in [0.5, 0.6) is 5.88 Å². The van der Waals surface area contributed by atoms with Crippen molar-refractivity contribution in [3.63, 3.8) is 0 Å². The van der Waals surface area contributed by atoms with E-state index in [2.05, 4.69) is 10.3 Å². The van der Waals surface area contributed by atoms with Gasteiger partial charge in [0.25, 0.3) is 5.91 Å². The Bertz CT molecular complexity index is 933. The summed E-state index contributed by atoms with van der Waals surface area (Å²) < 4.78 is 7.01. The number of carbonyl (C=O) groups excluding carboxylic acids is 1. The number of aromatic nitrogens is 2. The number of benzene rings is 1. The number of rotatable bonds is 3. The smallest absolute Gasteiger partial charge is 0.265 e. The molecule has 23 heavy (non-hydrogen) atoms. The Morgan fingerprint density at radius 1 is 1.17 bits per heavy atom. The molecule has 1 amide bonds. The standard InChI is InChI=1S/C17H15N3O3/c1-20-13-6-4-3-5-12(13)15(21)14(17(20)23-2)16(22)19-11-7-9-18-10-8-11/h3-10H,1-2H3,(H,18,19,22). The summed E-state index contributed by atoms with van der Waals surface area (Å²) in [4.78, 5) is 29.2. The van der Waals surface area contributed by atoms with Gasteiger partial charge in [-0.15, -0.1) is 0 Å². The summed E-state index contributed by atoms with van der Waals surface area (Å²) in [6, 6.07) is 10.4. The largest absolute Gasteiger partial charge is 0.481 e. The molecular weight excluding hydrogens is 294 g/mol. The highest BCUT2D eigenvalue weighted by atomic mass is 16.5. The van der Waals surface area contributed by atoms with Crippen LogP contribution in [0.4, 0.5) is 5.69 Å². The second kappa shape index (κ2) is 5.92. The van der Waals surface area contributed by atoms with E-state index in [0.717, 1.165) is 0 Å². The number of methoxy groups -OCH3 is 1. The first-order valence-electron chi connectivity index (χ1n) is 7.00. The van der Waals surface area contributed by atoms with Crippen LogP contribution in [0.3, 0.4) is 0 Å². The second-order valence-electron chi connectivity index (χ2n) is 4.98. The zero-order valence-electron chi connectivity index (χ0n) is 12.7. The summed E-state index contributed by atoms with van der Waals surface area (Å²) in [5.74, 6) is -0.292. The number of para-hydroxylation sites is 1. The van der Waals surface area contributed by atoms with Gasteiger partial charge in [-0.2, -0.15) is 0 Å². The van der Waals surface area contributed by atoms with Gasteiger partial charge >= 0.3 is 0 Å². The number of nitrogens with one attached hydrogen (secondary N) is 1. The number of ether oxygens (including phenoxy) is 1. The van der Waals surface area contributed by atoms with Gasteiger partial charge in [0.2, 0.25) is 11.3 Å². The molecule has 3 aromatic rings. The Kier molecular flexibility index (Phi) is 3.80. The molecule has 0 saturated carbocycles. The van der Waals surface area contributed by atoms with Gasteiger partial charge < -0.3 is 14.6 Å². The molecule has 3 rings (SSSR count). The predicted octanol–water partition coefficient (Wildman–Crippen LogP) is 2.19. The fourth-order valence-corrected chi connectivity index (χ4v) is 2.54. The minimum atomic E-state index is -0.514. The average molecular weight is 309 g/mol. The van der Waals surface area contributed by atoms with E-state index < -0.39 is 5.91 Å². The number of aryl methyl sites for hydroxylation is 1. The molecule has 1 aromatic carbocycles. The van der Waals surface area contributed by atoms with Crippen molar-refractivity contribution in [3.05, 3.63) is 64.6 Å². The van der Waals surface area contributed by atoms with Gasteiger partial charge in [0.15, 0.2) is 0 Å². The zero-order chi connectivity index (χ0) is 16.4. The molecule has 0 fully saturated rings. The third-order valence-electron chi connectivity index (χ3n) is 3.61. The quantitative estimate of drug-likeness (QED) is 0.805. The van der Waals surface area contributed by atoms with Crippen molar-refractivity contribution in [2.24, 2.45) is 7.05 Å². The van der Waals surface area contributed by atoms with Crippen LogP contribution >= 0.6 is 0 Å². The summed E-state index contributed by atoms with van der Waals surface area (Å²) in [6.45, 7) is 0. The SMILES string of the molecule is COc1c(C(=O)Nc2ccncc2)c(=O)c2ccccc2n1C. The summed E-state index contributed by atoms with van der Waals surface area (Å²) in [6.07, 6.45) is 3.12.